The Balaban J connectivity index is 1.46. The van der Waals surface area contributed by atoms with Crippen LogP contribution < -0.4 is 10.1 Å². The summed E-state index contributed by atoms with van der Waals surface area (Å²) in [5.41, 5.74) is 3.85. The molecule has 0 saturated heterocycles. The van der Waals surface area contributed by atoms with Gasteiger partial charge in [0.15, 0.2) is 0 Å². The van der Waals surface area contributed by atoms with E-state index in [1.807, 2.05) is 55.6 Å². The number of para-hydroxylation sites is 1. The Bertz CT molecular complexity index is 1250. The summed E-state index contributed by atoms with van der Waals surface area (Å²) in [6.07, 6.45) is 1.58. The minimum atomic E-state index is -0.312. The molecule has 1 unspecified atom stereocenters. The molecule has 32 heavy (non-hydrogen) atoms. The van der Waals surface area contributed by atoms with Crippen molar-refractivity contribution in [3.63, 3.8) is 0 Å². The van der Waals surface area contributed by atoms with E-state index in [1.54, 1.807) is 4.90 Å². The van der Waals surface area contributed by atoms with Gasteiger partial charge in [-0.15, -0.1) is 0 Å². The smallest absolute Gasteiger partial charge is 0.257 e. The number of rotatable bonds is 6. The predicted molar refractivity (Wildman–Crippen MR) is 129 cm³/mol. The van der Waals surface area contributed by atoms with E-state index in [0.29, 0.717) is 12.2 Å². The fourth-order valence-corrected chi connectivity index (χ4v) is 4.40. The molecular weight excluding hydrogens is 396 g/mol. The maximum absolute atomic E-state index is 13.1. The first-order valence-electron chi connectivity index (χ1n) is 11.0. The van der Waals surface area contributed by atoms with Crippen LogP contribution >= 0.6 is 0 Å². The van der Waals surface area contributed by atoms with Gasteiger partial charge in [0.25, 0.3) is 5.91 Å². The van der Waals surface area contributed by atoms with Gasteiger partial charge < -0.3 is 15.0 Å². The van der Waals surface area contributed by atoms with E-state index in [1.165, 1.54) is 5.56 Å². The van der Waals surface area contributed by atoms with Crippen molar-refractivity contribution in [2.45, 2.75) is 19.0 Å². The zero-order valence-electron chi connectivity index (χ0n) is 18.1. The molecular formula is C28H26N2O2. The first-order chi connectivity index (χ1) is 15.7. The van der Waals surface area contributed by atoms with Crippen LogP contribution in [-0.4, -0.2) is 24.5 Å². The number of carbonyl (C=O) groups is 1. The van der Waals surface area contributed by atoms with Gasteiger partial charge in [-0.05, 0) is 47.4 Å². The van der Waals surface area contributed by atoms with Gasteiger partial charge in [0.2, 0.25) is 0 Å². The Morgan fingerprint density at radius 3 is 2.50 bits per heavy atom. The molecule has 160 valence electrons. The number of amides is 1. The van der Waals surface area contributed by atoms with Gasteiger partial charge >= 0.3 is 0 Å². The molecule has 4 aromatic rings. The SMILES string of the molecule is CN1C(=O)c2ccccc2NC1c1c(OCCCc2ccccc2)ccc2ccccc12. The molecule has 1 heterocycles. The molecule has 4 nitrogen and oxygen atoms in total. The molecule has 0 fully saturated rings. The molecule has 0 aliphatic carbocycles. The monoisotopic (exact) mass is 422 g/mol. The van der Waals surface area contributed by atoms with Gasteiger partial charge in [0.1, 0.15) is 11.9 Å². The fourth-order valence-electron chi connectivity index (χ4n) is 4.40. The summed E-state index contributed by atoms with van der Waals surface area (Å²) < 4.78 is 6.31. The lowest BCUT2D eigenvalue weighted by molar-refractivity contribution is 0.0734. The lowest BCUT2D eigenvalue weighted by atomic mass is 9.97. The van der Waals surface area contributed by atoms with Gasteiger partial charge in [-0.1, -0.05) is 72.8 Å². The molecule has 4 aromatic carbocycles. The number of carbonyl (C=O) groups excluding carboxylic acids is 1. The van der Waals surface area contributed by atoms with Crippen molar-refractivity contribution in [2.75, 3.05) is 19.0 Å². The lowest BCUT2D eigenvalue weighted by Gasteiger charge is -2.36. The lowest BCUT2D eigenvalue weighted by Crippen LogP contribution is -2.40. The van der Waals surface area contributed by atoms with Crippen molar-refractivity contribution in [3.05, 3.63) is 108 Å². The Morgan fingerprint density at radius 1 is 0.875 bits per heavy atom. The number of benzene rings is 4. The summed E-state index contributed by atoms with van der Waals surface area (Å²) in [6, 6.07) is 30.5. The van der Waals surface area contributed by atoms with Gasteiger partial charge in [-0.2, -0.15) is 0 Å². The van der Waals surface area contributed by atoms with Crippen molar-refractivity contribution in [3.8, 4) is 5.75 Å². The highest BCUT2D eigenvalue weighted by Crippen LogP contribution is 2.40. The van der Waals surface area contributed by atoms with E-state index in [-0.39, 0.29) is 12.1 Å². The third kappa shape index (κ3) is 3.80. The summed E-state index contributed by atoms with van der Waals surface area (Å²) in [5, 5.41) is 5.78. The van der Waals surface area contributed by atoms with Crippen LogP contribution in [0.3, 0.4) is 0 Å². The van der Waals surface area contributed by atoms with Crippen LogP contribution in [0.4, 0.5) is 5.69 Å². The molecule has 1 amide bonds. The third-order valence-electron chi connectivity index (χ3n) is 6.07. The summed E-state index contributed by atoms with van der Waals surface area (Å²) in [7, 11) is 1.84. The van der Waals surface area contributed by atoms with Crippen LogP contribution in [0.25, 0.3) is 10.8 Å². The predicted octanol–water partition coefficient (Wildman–Crippen LogP) is 6.05. The van der Waals surface area contributed by atoms with E-state index in [0.717, 1.165) is 40.6 Å². The van der Waals surface area contributed by atoms with Crippen LogP contribution in [0.1, 0.15) is 34.1 Å². The molecule has 0 radical (unpaired) electrons. The average Bonchev–Trinajstić information content (AvgIpc) is 2.84. The summed E-state index contributed by atoms with van der Waals surface area (Å²) in [4.78, 5) is 14.9. The van der Waals surface area contributed by atoms with Crippen molar-refractivity contribution in [2.24, 2.45) is 0 Å². The molecule has 4 heteroatoms. The molecule has 5 rings (SSSR count). The highest BCUT2D eigenvalue weighted by molar-refractivity contribution is 6.02. The van der Waals surface area contributed by atoms with Crippen molar-refractivity contribution in [1.29, 1.82) is 0 Å². The zero-order valence-corrected chi connectivity index (χ0v) is 18.1. The Labute approximate surface area is 188 Å². The van der Waals surface area contributed by atoms with E-state index in [4.69, 9.17) is 4.74 Å². The number of aryl methyl sites for hydroxylation is 1. The van der Waals surface area contributed by atoms with Crippen LogP contribution in [-0.2, 0) is 6.42 Å². The normalized spacial score (nSPS) is 15.3. The minimum absolute atomic E-state index is 0.00677. The number of nitrogens with one attached hydrogen (secondary N) is 1. The highest BCUT2D eigenvalue weighted by Gasteiger charge is 2.32. The van der Waals surface area contributed by atoms with E-state index in [9.17, 15) is 4.79 Å². The second-order valence-corrected chi connectivity index (χ2v) is 8.14. The summed E-state index contributed by atoms with van der Waals surface area (Å²) in [5.74, 6) is 0.820. The largest absolute Gasteiger partial charge is 0.493 e. The van der Waals surface area contributed by atoms with Crippen molar-refractivity contribution >= 4 is 22.4 Å². The topological polar surface area (TPSA) is 41.6 Å². The summed E-state index contributed by atoms with van der Waals surface area (Å²) >= 11 is 0. The fraction of sp³-hybridized carbons (Fsp3) is 0.179. The minimum Gasteiger partial charge on any atom is -0.493 e. The van der Waals surface area contributed by atoms with Gasteiger partial charge in [-0.25, -0.2) is 0 Å². The zero-order chi connectivity index (χ0) is 21.9. The highest BCUT2D eigenvalue weighted by atomic mass is 16.5. The number of ether oxygens (including phenoxy) is 1. The van der Waals surface area contributed by atoms with Crippen LogP contribution in [0.2, 0.25) is 0 Å². The van der Waals surface area contributed by atoms with Crippen LogP contribution in [0.5, 0.6) is 5.75 Å². The Morgan fingerprint density at radius 2 is 1.62 bits per heavy atom. The first kappa shape index (κ1) is 20.1. The number of anilines is 1. The van der Waals surface area contributed by atoms with Crippen LogP contribution in [0.15, 0.2) is 91.0 Å². The maximum Gasteiger partial charge on any atom is 0.257 e. The standard InChI is InChI=1S/C28H26N2O2/c1-30-27(29-24-16-8-7-15-23(24)28(30)31)26-22-14-6-5-13-21(22)17-18-25(26)32-19-9-12-20-10-3-2-4-11-20/h2-8,10-11,13-18,27,29H,9,12,19H2,1H3. The van der Waals surface area contributed by atoms with Gasteiger partial charge in [-0.3, -0.25) is 4.79 Å². The van der Waals surface area contributed by atoms with E-state index >= 15 is 0 Å². The average molecular weight is 423 g/mol. The van der Waals surface area contributed by atoms with Gasteiger partial charge in [0, 0.05) is 18.3 Å². The molecule has 0 spiro atoms. The second-order valence-electron chi connectivity index (χ2n) is 8.14. The number of hydrogen-bond donors (Lipinski definition) is 1. The van der Waals surface area contributed by atoms with Crippen molar-refractivity contribution < 1.29 is 9.53 Å². The molecule has 1 aliphatic rings. The Hall–Kier alpha value is -3.79. The quantitative estimate of drug-likeness (QED) is 0.385. The van der Waals surface area contributed by atoms with Gasteiger partial charge in [0.05, 0.1) is 12.2 Å². The third-order valence-corrected chi connectivity index (χ3v) is 6.07. The number of hydrogen-bond acceptors (Lipinski definition) is 3. The molecule has 0 saturated carbocycles. The molecule has 0 aromatic heterocycles. The maximum atomic E-state index is 13.1. The van der Waals surface area contributed by atoms with E-state index < -0.39 is 0 Å². The second kappa shape index (κ2) is 8.75. The number of nitrogens with zero attached hydrogens (tertiary/aromatic N) is 1. The molecule has 1 N–H and O–H groups in total. The molecule has 0 bridgehead atoms. The van der Waals surface area contributed by atoms with Crippen molar-refractivity contribution in [1.82, 2.24) is 4.90 Å². The molecule has 1 atom stereocenters. The Kier molecular flexibility index (Phi) is 5.51. The first-order valence-corrected chi connectivity index (χ1v) is 11.0. The molecule has 1 aliphatic heterocycles. The summed E-state index contributed by atoms with van der Waals surface area (Å²) in [6.45, 7) is 0.612. The van der Waals surface area contributed by atoms with E-state index in [2.05, 4.69) is 47.8 Å². The number of fused-ring (bicyclic) bond motifs is 2. The van der Waals surface area contributed by atoms with Crippen LogP contribution in [0, 0.1) is 0 Å².